The highest BCUT2D eigenvalue weighted by Crippen LogP contribution is 2.25. The van der Waals surface area contributed by atoms with Gasteiger partial charge in [0.05, 0.1) is 10.0 Å². The number of aromatic amines is 1. The number of para-hydroxylation sites is 1. The molecule has 0 atom stereocenters. The third-order valence-electron chi connectivity index (χ3n) is 4.43. The van der Waals surface area contributed by atoms with Crippen molar-refractivity contribution in [2.24, 2.45) is 0 Å². The Morgan fingerprint density at radius 1 is 1.14 bits per heavy atom. The maximum Gasteiger partial charge on any atom is 0.322 e. The van der Waals surface area contributed by atoms with Gasteiger partial charge in [-0.1, -0.05) is 41.4 Å². The molecule has 0 saturated heterocycles. The molecule has 152 valence electrons. The van der Waals surface area contributed by atoms with Gasteiger partial charge in [-0.15, -0.1) is 0 Å². The second kappa shape index (κ2) is 9.78. The average molecular weight is 434 g/mol. The van der Waals surface area contributed by atoms with Gasteiger partial charge in [-0.05, 0) is 36.2 Å². The predicted molar refractivity (Wildman–Crippen MR) is 117 cm³/mol. The molecule has 29 heavy (non-hydrogen) atoms. The molecule has 0 unspecified atom stereocenters. The van der Waals surface area contributed by atoms with E-state index in [0.29, 0.717) is 35.3 Å². The van der Waals surface area contributed by atoms with Crippen LogP contribution in [0.25, 0.3) is 10.9 Å². The van der Waals surface area contributed by atoms with Gasteiger partial charge in [-0.3, -0.25) is 4.79 Å². The minimum absolute atomic E-state index is 0.208. The zero-order valence-electron chi connectivity index (χ0n) is 15.9. The van der Waals surface area contributed by atoms with E-state index in [4.69, 9.17) is 27.9 Å². The first-order chi connectivity index (χ1) is 14.0. The molecular formula is C21H21Cl2N3O3. The first kappa shape index (κ1) is 21.2. The van der Waals surface area contributed by atoms with Gasteiger partial charge in [-0.25, -0.2) is 4.79 Å². The molecule has 2 N–H and O–H groups in total. The number of ether oxygens (including phenoxy) is 1. The lowest BCUT2D eigenvalue weighted by Gasteiger charge is -2.24. The maximum atomic E-state index is 12.9. The number of H-pyrrole nitrogens is 1. The van der Waals surface area contributed by atoms with Crippen molar-refractivity contribution in [3.63, 3.8) is 0 Å². The van der Waals surface area contributed by atoms with Gasteiger partial charge in [-0.2, -0.15) is 0 Å². The number of halogens is 2. The number of benzene rings is 2. The highest BCUT2D eigenvalue weighted by Gasteiger charge is 2.16. The van der Waals surface area contributed by atoms with Crippen LogP contribution in [0.15, 0.2) is 53.3 Å². The molecule has 0 aliphatic heterocycles. The molecule has 3 aromatic rings. The normalized spacial score (nSPS) is 10.9. The van der Waals surface area contributed by atoms with E-state index < -0.39 is 0 Å². The Bertz CT molecular complexity index is 1070. The summed E-state index contributed by atoms with van der Waals surface area (Å²) in [5.74, 6) is 0. The summed E-state index contributed by atoms with van der Waals surface area (Å²) in [5.41, 5.74) is 1.83. The molecule has 8 heteroatoms. The van der Waals surface area contributed by atoms with Crippen LogP contribution < -0.4 is 10.9 Å². The van der Waals surface area contributed by atoms with Gasteiger partial charge in [0.2, 0.25) is 5.56 Å². The van der Waals surface area contributed by atoms with E-state index in [2.05, 4.69) is 10.3 Å². The Labute approximate surface area is 178 Å². The van der Waals surface area contributed by atoms with E-state index >= 15 is 0 Å². The van der Waals surface area contributed by atoms with Crippen molar-refractivity contribution in [2.75, 3.05) is 25.6 Å². The van der Waals surface area contributed by atoms with Gasteiger partial charge in [0.1, 0.15) is 0 Å². The van der Waals surface area contributed by atoms with Crippen LogP contribution in [0.1, 0.15) is 12.0 Å². The Morgan fingerprint density at radius 3 is 2.69 bits per heavy atom. The molecule has 3 rings (SSSR count). The molecule has 0 radical (unpaired) electrons. The zero-order chi connectivity index (χ0) is 20.8. The maximum absolute atomic E-state index is 12.9. The van der Waals surface area contributed by atoms with Crippen molar-refractivity contribution in [3.05, 3.63) is 74.5 Å². The molecule has 0 saturated carbocycles. The summed E-state index contributed by atoms with van der Waals surface area (Å²) < 4.78 is 5.11. The van der Waals surface area contributed by atoms with Gasteiger partial charge < -0.3 is 19.9 Å². The number of carbonyl (C=O) groups excluding carboxylic acids is 1. The molecule has 0 aliphatic rings. The Kier molecular flexibility index (Phi) is 7.14. The molecule has 6 nitrogen and oxygen atoms in total. The molecule has 0 aliphatic carbocycles. The van der Waals surface area contributed by atoms with E-state index in [9.17, 15) is 9.59 Å². The van der Waals surface area contributed by atoms with Crippen molar-refractivity contribution < 1.29 is 9.53 Å². The summed E-state index contributed by atoms with van der Waals surface area (Å²) >= 11 is 12.0. The number of nitrogens with one attached hydrogen (secondary N) is 2. The van der Waals surface area contributed by atoms with Gasteiger partial charge in [0, 0.05) is 49.5 Å². The monoisotopic (exact) mass is 433 g/mol. The van der Waals surface area contributed by atoms with Crippen molar-refractivity contribution in [1.29, 1.82) is 0 Å². The van der Waals surface area contributed by atoms with Gasteiger partial charge in [0.15, 0.2) is 0 Å². The average Bonchev–Trinajstić information content (AvgIpc) is 2.70. The molecule has 0 fully saturated rings. The number of aromatic nitrogens is 1. The molecular weight excluding hydrogens is 413 g/mol. The predicted octanol–water partition coefficient (Wildman–Crippen LogP) is 4.91. The topological polar surface area (TPSA) is 74.4 Å². The van der Waals surface area contributed by atoms with Crippen LogP contribution in [-0.4, -0.2) is 36.2 Å². The van der Waals surface area contributed by atoms with E-state index in [1.807, 2.05) is 24.3 Å². The minimum atomic E-state index is -0.302. The van der Waals surface area contributed by atoms with E-state index in [1.165, 1.54) is 6.07 Å². The SMILES string of the molecule is COCCCN(Cc1cc(=O)[nH]c2ccccc12)C(=O)Nc1ccc(Cl)c(Cl)c1. The number of urea groups is 1. The van der Waals surface area contributed by atoms with Crippen molar-refractivity contribution in [1.82, 2.24) is 9.88 Å². The van der Waals surface area contributed by atoms with Crippen LogP contribution in [0.3, 0.4) is 0 Å². The van der Waals surface area contributed by atoms with Crippen molar-refractivity contribution >= 4 is 45.8 Å². The second-order valence-corrected chi connectivity index (χ2v) is 7.35. The molecule has 0 bridgehead atoms. The quantitative estimate of drug-likeness (QED) is 0.520. The number of nitrogens with zero attached hydrogens (tertiary/aromatic N) is 1. The lowest BCUT2D eigenvalue weighted by atomic mass is 10.1. The lowest BCUT2D eigenvalue weighted by molar-refractivity contribution is 0.172. The summed E-state index contributed by atoms with van der Waals surface area (Å²) in [7, 11) is 1.62. The number of carbonyl (C=O) groups is 1. The Balaban J connectivity index is 1.86. The summed E-state index contributed by atoms with van der Waals surface area (Å²) in [6.07, 6.45) is 0.659. The molecule has 1 aromatic heterocycles. The summed E-state index contributed by atoms with van der Waals surface area (Å²) in [6.45, 7) is 1.26. The van der Waals surface area contributed by atoms with Crippen LogP contribution >= 0.6 is 23.2 Å². The van der Waals surface area contributed by atoms with Crippen LogP contribution in [0.2, 0.25) is 10.0 Å². The number of hydrogen-bond acceptors (Lipinski definition) is 3. The highest BCUT2D eigenvalue weighted by molar-refractivity contribution is 6.42. The summed E-state index contributed by atoms with van der Waals surface area (Å²) in [5, 5.41) is 4.50. The lowest BCUT2D eigenvalue weighted by Crippen LogP contribution is -2.36. The number of fused-ring (bicyclic) bond motifs is 1. The van der Waals surface area contributed by atoms with E-state index in [-0.39, 0.29) is 18.1 Å². The summed E-state index contributed by atoms with van der Waals surface area (Å²) in [4.78, 5) is 29.5. The fourth-order valence-electron chi connectivity index (χ4n) is 3.04. The number of pyridine rings is 1. The van der Waals surface area contributed by atoms with E-state index in [0.717, 1.165) is 16.5 Å². The second-order valence-electron chi connectivity index (χ2n) is 6.53. The van der Waals surface area contributed by atoms with E-state index in [1.54, 1.807) is 30.2 Å². The number of amides is 2. The Morgan fingerprint density at radius 2 is 1.93 bits per heavy atom. The molecule has 2 amide bonds. The van der Waals surface area contributed by atoms with Crippen LogP contribution in [-0.2, 0) is 11.3 Å². The van der Waals surface area contributed by atoms with Crippen molar-refractivity contribution in [3.8, 4) is 0 Å². The van der Waals surface area contributed by atoms with Gasteiger partial charge in [0.25, 0.3) is 0 Å². The number of methoxy groups -OCH3 is 1. The largest absolute Gasteiger partial charge is 0.385 e. The third-order valence-corrected chi connectivity index (χ3v) is 5.17. The third kappa shape index (κ3) is 5.50. The minimum Gasteiger partial charge on any atom is -0.385 e. The molecule has 2 aromatic carbocycles. The zero-order valence-corrected chi connectivity index (χ0v) is 17.4. The van der Waals surface area contributed by atoms with Crippen LogP contribution in [0, 0.1) is 0 Å². The number of anilines is 1. The fraction of sp³-hybridized carbons (Fsp3) is 0.238. The first-order valence-electron chi connectivity index (χ1n) is 9.09. The number of rotatable bonds is 7. The smallest absolute Gasteiger partial charge is 0.322 e. The standard InChI is InChI=1S/C21H21Cl2N3O3/c1-29-10-4-9-26(21(28)24-15-7-8-17(22)18(23)12-15)13-14-11-20(27)25-19-6-3-2-5-16(14)19/h2-3,5-8,11-12H,4,9-10,13H2,1H3,(H,24,28)(H,25,27). The van der Waals surface area contributed by atoms with Crippen LogP contribution in [0.4, 0.5) is 10.5 Å². The van der Waals surface area contributed by atoms with Crippen LogP contribution in [0.5, 0.6) is 0 Å². The summed E-state index contributed by atoms with van der Waals surface area (Å²) in [6, 6.07) is 13.6. The molecule has 1 heterocycles. The molecule has 0 spiro atoms. The fourth-order valence-corrected chi connectivity index (χ4v) is 3.34. The van der Waals surface area contributed by atoms with Crippen molar-refractivity contribution in [2.45, 2.75) is 13.0 Å². The highest BCUT2D eigenvalue weighted by atomic mass is 35.5. The van der Waals surface area contributed by atoms with Gasteiger partial charge >= 0.3 is 6.03 Å². The number of hydrogen-bond donors (Lipinski definition) is 2. The Hall–Kier alpha value is -2.54. The first-order valence-corrected chi connectivity index (χ1v) is 9.84.